The van der Waals surface area contributed by atoms with Gasteiger partial charge in [0.05, 0.1) is 0 Å². The first-order valence-electron chi connectivity index (χ1n) is 6.65. The minimum atomic E-state index is -0.295. The van der Waals surface area contributed by atoms with Crippen LogP contribution in [0, 0.1) is 5.82 Å². The average Bonchev–Trinajstić information content (AvgIpc) is 2.53. The Kier molecular flexibility index (Phi) is 3.73. The van der Waals surface area contributed by atoms with E-state index in [-0.39, 0.29) is 11.7 Å². The van der Waals surface area contributed by atoms with Crippen molar-refractivity contribution in [3.8, 4) is 11.5 Å². The molecule has 0 saturated heterocycles. The van der Waals surface area contributed by atoms with E-state index in [1.54, 1.807) is 30.3 Å². The summed E-state index contributed by atoms with van der Waals surface area (Å²) in [4.78, 5) is 12.1. The third-order valence-corrected chi connectivity index (χ3v) is 3.17. The maximum Gasteiger partial charge on any atom is 0.251 e. The van der Waals surface area contributed by atoms with Crippen LogP contribution in [0.4, 0.5) is 4.39 Å². The predicted octanol–water partition coefficient (Wildman–Crippen LogP) is 2.53. The Morgan fingerprint density at radius 2 is 1.76 bits per heavy atom. The summed E-state index contributed by atoms with van der Waals surface area (Å²) in [7, 11) is 0. The van der Waals surface area contributed by atoms with Crippen molar-refractivity contribution in [1.29, 1.82) is 0 Å². The molecule has 1 aliphatic rings. The number of carbonyl (C=O) groups excluding carboxylic acids is 1. The summed E-state index contributed by atoms with van der Waals surface area (Å²) in [5.74, 6) is 0.722. The summed E-state index contributed by atoms with van der Waals surface area (Å²) >= 11 is 0. The van der Waals surface area contributed by atoms with E-state index in [1.807, 2.05) is 0 Å². The molecule has 0 fully saturated rings. The van der Waals surface area contributed by atoms with Gasteiger partial charge in [-0.1, -0.05) is 12.1 Å². The van der Waals surface area contributed by atoms with Crippen LogP contribution in [0.25, 0.3) is 0 Å². The molecule has 1 amide bonds. The van der Waals surface area contributed by atoms with E-state index in [0.29, 0.717) is 36.8 Å². The molecule has 0 saturated carbocycles. The Balaban J connectivity index is 1.66. The SMILES string of the molecule is O=C(NCc1ccc(F)cc1)c1ccc2c(c1)OCCO2. The minimum absolute atomic E-state index is 0.212. The van der Waals surface area contributed by atoms with Gasteiger partial charge in [0.2, 0.25) is 0 Å². The van der Waals surface area contributed by atoms with Crippen LogP contribution in [0.15, 0.2) is 42.5 Å². The second-order valence-corrected chi connectivity index (χ2v) is 4.67. The quantitative estimate of drug-likeness (QED) is 0.943. The fraction of sp³-hybridized carbons (Fsp3) is 0.188. The molecular weight excluding hydrogens is 273 g/mol. The molecule has 0 spiro atoms. The van der Waals surface area contributed by atoms with Crippen molar-refractivity contribution in [2.24, 2.45) is 0 Å². The van der Waals surface area contributed by atoms with Crippen molar-refractivity contribution in [3.63, 3.8) is 0 Å². The molecule has 21 heavy (non-hydrogen) atoms. The number of nitrogens with one attached hydrogen (secondary N) is 1. The molecule has 0 aliphatic carbocycles. The van der Waals surface area contributed by atoms with Crippen LogP contribution in [0.1, 0.15) is 15.9 Å². The fourth-order valence-corrected chi connectivity index (χ4v) is 2.07. The molecule has 1 N–H and O–H groups in total. The van der Waals surface area contributed by atoms with E-state index in [9.17, 15) is 9.18 Å². The first-order chi connectivity index (χ1) is 10.2. The zero-order valence-electron chi connectivity index (χ0n) is 11.3. The second-order valence-electron chi connectivity index (χ2n) is 4.67. The van der Waals surface area contributed by atoms with Crippen LogP contribution < -0.4 is 14.8 Å². The van der Waals surface area contributed by atoms with Crippen molar-refractivity contribution in [2.75, 3.05) is 13.2 Å². The molecule has 4 nitrogen and oxygen atoms in total. The number of hydrogen-bond donors (Lipinski definition) is 1. The largest absolute Gasteiger partial charge is 0.486 e. The number of amides is 1. The Morgan fingerprint density at radius 1 is 1.05 bits per heavy atom. The van der Waals surface area contributed by atoms with Crippen molar-refractivity contribution in [1.82, 2.24) is 5.32 Å². The van der Waals surface area contributed by atoms with Crippen molar-refractivity contribution < 1.29 is 18.7 Å². The molecule has 0 bridgehead atoms. The first kappa shape index (κ1) is 13.4. The van der Waals surface area contributed by atoms with Gasteiger partial charge in [-0.05, 0) is 35.9 Å². The predicted molar refractivity (Wildman–Crippen MR) is 75.0 cm³/mol. The normalized spacial score (nSPS) is 12.8. The molecule has 0 radical (unpaired) electrons. The Hall–Kier alpha value is -2.56. The van der Waals surface area contributed by atoms with Crippen molar-refractivity contribution in [3.05, 3.63) is 59.4 Å². The van der Waals surface area contributed by atoms with E-state index < -0.39 is 0 Å². The fourth-order valence-electron chi connectivity index (χ4n) is 2.07. The van der Waals surface area contributed by atoms with Crippen LogP contribution in [0.5, 0.6) is 11.5 Å². The van der Waals surface area contributed by atoms with Gasteiger partial charge in [-0.2, -0.15) is 0 Å². The van der Waals surface area contributed by atoms with Crippen molar-refractivity contribution in [2.45, 2.75) is 6.54 Å². The smallest absolute Gasteiger partial charge is 0.251 e. The number of carbonyl (C=O) groups is 1. The van der Waals surface area contributed by atoms with E-state index in [1.165, 1.54) is 12.1 Å². The van der Waals surface area contributed by atoms with E-state index >= 15 is 0 Å². The molecule has 5 heteroatoms. The highest BCUT2D eigenvalue weighted by Crippen LogP contribution is 2.30. The molecule has 1 heterocycles. The summed E-state index contributed by atoms with van der Waals surface area (Å²) in [6.45, 7) is 1.34. The molecule has 0 atom stereocenters. The van der Waals surface area contributed by atoms with Gasteiger partial charge in [0.25, 0.3) is 5.91 Å². The lowest BCUT2D eigenvalue weighted by Crippen LogP contribution is -2.23. The topological polar surface area (TPSA) is 47.6 Å². The average molecular weight is 287 g/mol. The summed E-state index contributed by atoms with van der Waals surface area (Å²) in [5.41, 5.74) is 1.34. The number of halogens is 1. The number of fused-ring (bicyclic) bond motifs is 1. The molecule has 2 aromatic rings. The van der Waals surface area contributed by atoms with E-state index in [0.717, 1.165) is 5.56 Å². The summed E-state index contributed by atoms with van der Waals surface area (Å²) in [5, 5.41) is 2.78. The standard InChI is InChI=1S/C16H14FNO3/c17-13-4-1-11(2-5-13)10-18-16(19)12-3-6-14-15(9-12)21-8-7-20-14/h1-6,9H,7-8,10H2,(H,18,19). The monoisotopic (exact) mass is 287 g/mol. The molecular formula is C16H14FNO3. The Labute approximate surface area is 121 Å². The van der Waals surface area contributed by atoms with Gasteiger partial charge in [-0.3, -0.25) is 4.79 Å². The number of ether oxygens (including phenoxy) is 2. The van der Waals surface area contributed by atoms with Crippen LogP contribution in [0.2, 0.25) is 0 Å². The molecule has 2 aromatic carbocycles. The Morgan fingerprint density at radius 3 is 2.52 bits per heavy atom. The van der Waals surface area contributed by atoms with Gasteiger partial charge < -0.3 is 14.8 Å². The highest BCUT2D eigenvalue weighted by atomic mass is 19.1. The van der Waals surface area contributed by atoms with Crippen LogP contribution in [-0.2, 0) is 6.54 Å². The molecule has 0 aromatic heterocycles. The summed E-state index contributed by atoms with van der Waals surface area (Å²) in [6.07, 6.45) is 0. The number of hydrogen-bond acceptors (Lipinski definition) is 3. The van der Waals surface area contributed by atoms with Crippen LogP contribution >= 0.6 is 0 Å². The summed E-state index contributed by atoms with van der Waals surface area (Å²) in [6, 6.07) is 11.1. The lowest BCUT2D eigenvalue weighted by molar-refractivity contribution is 0.0949. The van der Waals surface area contributed by atoms with Gasteiger partial charge in [-0.15, -0.1) is 0 Å². The zero-order valence-corrected chi connectivity index (χ0v) is 11.3. The highest BCUT2D eigenvalue weighted by molar-refractivity contribution is 5.94. The van der Waals surface area contributed by atoms with Gasteiger partial charge in [0.1, 0.15) is 19.0 Å². The first-order valence-corrected chi connectivity index (χ1v) is 6.65. The summed E-state index contributed by atoms with van der Waals surface area (Å²) < 4.78 is 23.6. The maximum absolute atomic E-state index is 12.8. The second kappa shape index (κ2) is 5.83. The highest BCUT2D eigenvalue weighted by Gasteiger charge is 2.14. The van der Waals surface area contributed by atoms with Crippen molar-refractivity contribution >= 4 is 5.91 Å². The lowest BCUT2D eigenvalue weighted by atomic mass is 10.1. The van der Waals surface area contributed by atoms with Gasteiger partial charge in [0.15, 0.2) is 11.5 Å². The third kappa shape index (κ3) is 3.13. The molecule has 1 aliphatic heterocycles. The van der Waals surface area contributed by atoms with Crippen LogP contribution in [-0.4, -0.2) is 19.1 Å². The number of benzene rings is 2. The maximum atomic E-state index is 12.8. The lowest BCUT2D eigenvalue weighted by Gasteiger charge is -2.18. The van der Waals surface area contributed by atoms with E-state index in [4.69, 9.17) is 9.47 Å². The van der Waals surface area contributed by atoms with Gasteiger partial charge in [0, 0.05) is 12.1 Å². The van der Waals surface area contributed by atoms with E-state index in [2.05, 4.69) is 5.32 Å². The molecule has 3 rings (SSSR count). The molecule has 0 unspecified atom stereocenters. The Bertz CT molecular complexity index is 655. The molecule has 108 valence electrons. The van der Waals surface area contributed by atoms with Crippen LogP contribution in [0.3, 0.4) is 0 Å². The minimum Gasteiger partial charge on any atom is -0.486 e. The van der Waals surface area contributed by atoms with Gasteiger partial charge >= 0.3 is 0 Å². The third-order valence-electron chi connectivity index (χ3n) is 3.17. The zero-order chi connectivity index (χ0) is 14.7. The number of rotatable bonds is 3. The van der Waals surface area contributed by atoms with Gasteiger partial charge in [-0.25, -0.2) is 4.39 Å².